The van der Waals surface area contributed by atoms with E-state index >= 15 is 0 Å². The first-order valence-electron chi connectivity index (χ1n) is 14.0. The number of pyridine rings is 1. The fraction of sp³-hybridized carbons (Fsp3) is 0.419. The first-order chi connectivity index (χ1) is 21.5. The Balaban J connectivity index is 1.83. The van der Waals surface area contributed by atoms with Gasteiger partial charge in [0.1, 0.15) is 16.8 Å². The molecule has 1 fully saturated rings. The number of hydrogen-bond donors (Lipinski definition) is 0. The molecule has 1 aliphatic heterocycles. The molecule has 1 aromatic carbocycles. The number of fused-ring (bicyclic) bond motifs is 1. The predicted molar refractivity (Wildman–Crippen MR) is 157 cm³/mol. The summed E-state index contributed by atoms with van der Waals surface area (Å²) < 4.78 is 35.7. The van der Waals surface area contributed by atoms with Gasteiger partial charge in [-0.3, -0.25) is 14.2 Å². The zero-order valence-corrected chi connectivity index (χ0v) is 25.8. The number of terminal acetylenes is 1. The third kappa shape index (κ3) is 6.78. The second kappa shape index (κ2) is 14.1. The van der Waals surface area contributed by atoms with Gasteiger partial charge in [-0.1, -0.05) is 47.9 Å². The number of esters is 4. The van der Waals surface area contributed by atoms with Crippen molar-refractivity contribution in [2.75, 3.05) is 19.8 Å². The summed E-state index contributed by atoms with van der Waals surface area (Å²) in [4.78, 5) is 60.5. The molecular formula is C31H32ClN3O10. The monoisotopic (exact) mass is 641 g/mol. The lowest BCUT2D eigenvalue weighted by Crippen LogP contribution is -2.57. The number of nitrogens with zero attached hydrogens (tertiary/aromatic N) is 3. The Labute approximate surface area is 264 Å². The normalized spacial score (nSPS) is 21.1. The number of benzene rings is 1. The average Bonchev–Trinajstić information content (AvgIpc) is 3.53. The maximum absolute atomic E-state index is 13.5. The number of imidazole rings is 1. The standard InChI is InChI=1S/C31H32ClN3O10/c1-6-30(45-20(5)37)23(44-27(25(30)43-19(4)36)35-18-33-22-14-15-24(32)34-26(22)35)17-42-31(28(38)40-7-2,29(39)41-8-3)16-21-12-10-9-11-13-21/h1,9-15,18,23,25,27H,7-8,16-17H2,2-5H3/t23-,25+,27-,30-/m1/s1. The Morgan fingerprint density at radius 1 is 1.04 bits per heavy atom. The van der Waals surface area contributed by atoms with Gasteiger partial charge >= 0.3 is 23.9 Å². The van der Waals surface area contributed by atoms with Gasteiger partial charge in [0.25, 0.3) is 5.60 Å². The van der Waals surface area contributed by atoms with E-state index in [-0.39, 0.29) is 30.4 Å². The van der Waals surface area contributed by atoms with Crippen molar-refractivity contribution in [2.24, 2.45) is 0 Å². The van der Waals surface area contributed by atoms with Crippen molar-refractivity contribution in [3.8, 4) is 12.3 Å². The minimum Gasteiger partial charge on any atom is -0.463 e. The average molecular weight is 642 g/mol. The molecule has 13 nitrogen and oxygen atoms in total. The first kappa shape index (κ1) is 33.4. The molecule has 1 saturated heterocycles. The lowest BCUT2D eigenvalue weighted by molar-refractivity contribution is -0.200. The Bertz CT molecular complexity index is 1590. The summed E-state index contributed by atoms with van der Waals surface area (Å²) in [5.74, 6) is -1.21. The van der Waals surface area contributed by atoms with Crippen LogP contribution in [0.5, 0.6) is 0 Å². The molecule has 0 spiro atoms. The quantitative estimate of drug-likeness (QED) is 0.0939. The first-order valence-corrected chi connectivity index (χ1v) is 14.4. The van der Waals surface area contributed by atoms with Gasteiger partial charge in [0, 0.05) is 20.3 Å². The molecule has 1 aliphatic rings. The van der Waals surface area contributed by atoms with E-state index in [0.29, 0.717) is 11.1 Å². The van der Waals surface area contributed by atoms with E-state index in [9.17, 15) is 19.2 Å². The minimum absolute atomic E-state index is 0.0698. The molecule has 14 heteroatoms. The van der Waals surface area contributed by atoms with Crippen molar-refractivity contribution in [1.82, 2.24) is 14.5 Å². The second-order valence-corrected chi connectivity index (χ2v) is 10.3. The summed E-state index contributed by atoms with van der Waals surface area (Å²) >= 11 is 6.15. The number of rotatable bonds is 12. The van der Waals surface area contributed by atoms with Gasteiger partial charge in [-0.15, -0.1) is 6.42 Å². The van der Waals surface area contributed by atoms with E-state index in [1.54, 1.807) is 56.3 Å². The molecule has 3 heterocycles. The van der Waals surface area contributed by atoms with Crippen molar-refractivity contribution >= 4 is 46.6 Å². The van der Waals surface area contributed by atoms with Crippen LogP contribution in [0.2, 0.25) is 5.15 Å². The second-order valence-electron chi connectivity index (χ2n) is 9.95. The highest BCUT2D eigenvalue weighted by Crippen LogP contribution is 2.43. The molecule has 3 aromatic rings. The van der Waals surface area contributed by atoms with E-state index < -0.39 is 60.1 Å². The maximum atomic E-state index is 13.5. The molecule has 0 saturated carbocycles. The number of halogens is 1. The fourth-order valence-corrected chi connectivity index (χ4v) is 5.21. The molecular weight excluding hydrogens is 610 g/mol. The van der Waals surface area contributed by atoms with Gasteiger partial charge in [0.05, 0.1) is 26.1 Å². The predicted octanol–water partition coefficient (Wildman–Crippen LogP) is 2.97. The van der Waals surface area contributed by atoms with Crippen LogP contribution in [0, 0.1) is 12.3 Å². The third-order valence-electron chi connectivity index (χ3n) is 6.94. The summed E-state index contributed by atoms with van der Waals surface area (Å²) in [5, 5.41) is 0.143. The number of ether oxygens (including phenoxy) is 6. The van der Waals surface area contributed by atoms with Crippen molar-refractivity contribution in [1.29, 1.82) is 0 Å². The highest BCUT2D eigenvalue weighted by atomic mass is 35.5. The molecule has 2 aromatic heterocycles. The van der Waals surface area contributed by atoms with Crippen molar-refractivity contribution in [3.05, 3.63) is 59.5 Å². The van der Waals surface area contributed by atoms with E-state index in [1.165, 1.54) is 10.9 Å². The highest BCUT2D eigenvalue weighted by Gasteiger charge is 2.63. The van der Waals surface area contributed by atoms with Crippen LogP contribution in [0.25, 0.3) is 11.2 Å². The lowest BCUT2D eigenvalue weighted by atomic mass is 9.91. The minimum atomic E-state index is -2.32. The van der Waals surface area contributed by atoms with Crippen molar-refractivity contribution < 1.29 is 47.6 Å². The molecule has 4 atom stereocenters. The van der Waals surface area contributed by atoms with E-state index in [0.717, 1.165) is 13.8 Å². The molecule has 0 unspecified atom stereocenters. The van der Waals surface area contributed by atoms with Gasteiger partial charge in [-0.25, -0.2) is 19.6 Å². The molecule has 0 radical (unpaired) electrons. The zero-order valence-electron chi connectivity index (χ0n) is 25.1. The van der Waals surface area contributed by atoms with Gasteiger partial charge in [-0.05, 0) is 31.5 Å². The Morgan fingerprint density at radius 2 is 1.71 bits per heavy atom. The number of aromatic nitrogens is 3. The van der Waals surface area contributed by atoms with Crippen molar-refractivity contribution in [3.63, 3.8) is 0 Å². The lowest BCUT2D eigenvalue weighted by Gasteiger charge is -2.34. The van der Waals surface area contributed by atoms with Crippen LogP contribution in [0.1, 0.15) is 39.5 Å². The molecule has 45 heavy (non-hydrogen) atoms. The largest absolute Gasteiger partial charge is 0.463 e. The van der Waals surface area contributed by atoms with Crippen LogP contribution >= 0.6 is 11.6 Å². The zero-order chi connectivity index (χ0) is 32.8. The summed E-state index contributed by atoms with van der Waals surface area (Å²) in [6.45, 7) is 4.63. The summed E-state index contributed by atoms with van der Waals surface area (Å²) in [7, 11) is 0. The summed E-state index contributed by atoms with van der Waals surface area (Å²) in [5.41, 5.74) is -3.21. The fourth-order valence-electron chi connectivity index (χ4n) is 5.07. The topological polar surface area (TPSA) is 154 Å². The Hall–Kier alpha value is -4.51. The summed E-state index contributed by atoms with van der Waals surface area (Å²) in [6, 6.07) is 11.8. The SMILES string of the molecule is C#C[C@@]1(OC(C)=O)[C@@H](COC(Cc2ccccc2)(C(=O)OCC)C(=O)OCC)O[C@@H](n2cnc3ccc(Cl)nc32)[C@@H]1OC(C)=O. The van der Waals surface area contributed by atoms with Crippen LogP contribution in [-0.4, -0.2) is 81.6 Å². The van der Waals surface area contributed by atoms with Crippen LogP contribution in [0.3, 0.4) is 0 Å². The van der Waals surface area contributed by atoms with Crippen LogP contribution < -0.4 is 0 Å². The number of carbonyl (C=O) groups is 4. The number of carbonyl (C=O) groups excluding carboxylic acids is 4. The Kier molecular flexibility index (Phi) is 10.4. The van der Waals surface area contributed by atoms with E-state index in [1.807, 2.05) is 0 Å². The van der Waals surface area contributed by atoms with E-state index in [2.05, 4.69) is 15.9 Å². The van der Waals surface area contributed by atoms with Gasteiger partial charge < -0.3 is 28.4 Å². The molecule has 238 valence electrons. The Morgan fingerprint density at radius 3 is 2.29 bits per heavy atom. The van der Waals surface area contributed by atoms with Gasteiger partial charge in [0.15, 0.2) is 11.9 Å². The van der Waals surface area contributed by atoms with Gasteiger partial charge in [-0.2, -0.15) is 0 Å². The smallest absolute Gasteiger partial charge is 0.350 e. The van der Waals surface area contributed by atoms with E-state index in [4.69, 9.17) is 46.4 Å². The number of hydrogen-bond acceptors (Lipinski definition) is 12. The molecule has 0 bridgehead atoms. The molecule has 4 rings (SSSR count). The van der Waals surface area contributed by atoms with Crippen LogP contribution in [0.15, 0.2) is 48.8 Å². The molecule has 0 N–H and O–H groups in total. The maximum Gasteiger partial charge on any atom is 0.350 e. The van der Waals surface area contributed by atoms with Gasteiger partial charge in [0.2, 0.25) is 11.7 Å². The third-order valence-corrected chi connectivity index (χ3v) is 7.15. The van der Waals surface area contributed by atoms with Crippen LogP contribution in [-0.2, 0) is 54.0 Å². The summed E-state index contributed by atoms with van der Waals surface area (Å²) in [6.07, 6.45) is 2.93. The molecule has 0 amide bonds. The van der Waals surface area contributed by atoms with Crippen LogP contribution in [0.4, 0.5) is 0 Å². The highest BCUT2D eigenvalue weighted by molar-refractivity contribution is 6.29. The molecule has 0 aliphatic carbocycles. The van der Waals surface area contributed by atoms with Crippen molar-refractivity contribution in [2.45, 2.75) is 63.8 Å².